The number of hydrogen-bond donors (Lipinski definition) is 1. The smallest absolute Gasteiger partial charge is 0.137 e. The Morgan fingerprint density at radius 2 is 2.26 bits per heavy atom. The summed E-state index contributed by atoms with van der Waals surface area (Å²) in [7, 11) is 1.56. The molecule has 1 N–H and O–H groups in total. The van der Waals surface area contributed by atoms with Crippen molar-refractivity contribution in [1.82, 2.24) is 9.78 Å². The van der Waals surface area contributed by atoms with Gasteiger partial charge in [-0.15, -0.1) is 0 Å². The van der Waals surface area contributed by atoms with Crippen molar-refractivity contribution < 1.29 is 9.84 Å². The molecule has 0 saturated carbocycles. The highest BCUT2D eigenvalue weighted by molar-refractivity contribution is 9.10. The van der Waals surface area contributed by atoms with Gasteiger partial charge in [0.15, 0.2) is 0 Å². The molecule has 4 nitrogen and oxygen atoms in total. The Hall–Kier alpha value is -1.04. The third kappa shape index (κ3) is 2.78. The SMILES string of the molecule is CCn1ncc(Br)c1C(O)c1ccc(OC)c(Cl)c1. The highest BCUT2D eigenvalue weighted by Gasteiger charge is 2.20. The summed E-state index contributed by atoms with van der Waals surface area (Å²) < 4.78 is 7.61. The molecule has 0 radical (unpaired) electrons. The van der Waals surface area contributed by atoms with Gasteiger partial charge in [-0.3, -0.25) is 4.68 Å². The lowest BCUT2D eigenvalue weighted by Crippen LogP contribution is -2.09. The number of benzene rings is 1. The topological polar surface area (TPSA) is 47.3 Å². The molecule has 0 amide bonds. The van der Waals surface area contributed by atoms with Gasteiger partial charge < -0.3 is 9.84 Å². The van der Waals surface area contributed by atoms with Gasteiger partial charge in [0.25, 0.3) is 0 Å². The highest BCUT2D eigenvalue weighted by atomic mass is 79.9. The molecule has 0 aliphatic heterocycles. The zero-order valence-corrected chi connectivity index (χ0v) is 12.9. The van der Waals surface area contributed by atoms with Crippen LogP contribution < -0.4 is 4.74 Å². The lowest BCUT2D eigenvalue weighted by molar-refractivity contribution is 0.207. The Balaban J connectivity index is 2.41. The van der Waals surface area contributed by atoms with Crippen LogP contribution in [0.25, 0.3) is 0 Å². The van der Waals surface area contributed by atoms with Crippen LogP contribution in [0.1, 0.15) is 24.3 Å². The molecule has 1 atom stereocenters. The van der Waals surface area contributed by atoms with E-state index in [9.17, 15) is 5.11 Å². The first-order chi connectivity index (χ1) is 9.08. The van der Waals surface area contributed by atoms with E-state index in [-0.39, 0.29) is 0 Å². The quantitative estimate of drug-likeness (QED) is 0.924. The Labute approximate surface area is 125 Å². The summed E-state index contributed by atoms with van der Waals surface area (Å²) >= 11 is 9.48. The van der Waals surface area contributed by atoms with Crippen molar-refractivity contribution in [2.45, 2.75) is 19.6 Å². The van der Waals surface area contributed by atoms with Gasteiger partial charge in [0.1, 0.15) is 11.9 Å². The lowest BCUT2D eigenvalue weighted by atomic mass is 10.1. The van der Waals surface area contributed by atoms with Gasteiger partial charge in [-0.05, 0) is 40.5 Å². The van der Waals surface area contributed by atoms with Gasteiger partial charge in [-0.25, -0.2) is 0 Å². The molecule has 0 bridgehead atoms. The minimum atomic E-state index is -0.791. The van der Waals surface area contributed by atoms with Crippen molar-refractivity contribution in [3.8, 4) is 5.75 Å². The Morgan fingerprint density at radius 3 is 2.84 bits per heavy atom. The first kappa shape index (κ1) is 14.4. The van der Waals surface area contributed by atoms with Crippen LogP contribution in [-0.2, 0) is 6.54 Å². The molecule has 1 aromatic carbocycles. The zero-order valence-electron chi connectivity index (χ0n) is 10.6. The van der Waals surface area contributed by atoms with E-state index in [1.54, 1.807) is 36.2 Å². The fourth-order valence-electron chi connectivity index (χ4n) is 1.91. The second-order valence-corrected chi connectivity index (χ2v) is 5.25. The van der Waals surface area contributed by atoms with Gasteiger partial charge in [0, 0.05) is 6.54 Å². The van der Waals surface area contributed by atoms with Crippen LogP contribution in [0.4, 0.5) is 0 Å². The van der Waals surface area contributed by atoms with E-state index in [2.05, 4.69) is 21.0 Å². The van der Waals surface area contributed by atoms with Crippen LogP contribution in [0.15, 0.2) is 28.9 Å². The first-order valence-corrected chi connectivity index (χ1v) is 6.98. The van der Waals surface area contributed by atoms with Crippen LogP contribution >= 0.6 is 27.5 Å². The molecule has 1 unspecified atom stereocenters. The largest absolute Gasteiger partial charge is 0.495 e. The maximum Gasteiger partial charge on any atom is 0.137 e. The van der Waals surface area contributed by atoms with E-state index in [1.165, 1.54) is 0 Å². The van der Waals surface area contributed by atoms with Crippen molar-refractivity contribution in [2.24, 2.45) is 0 Å². The molecule has 0 fully saturated rings. The van der Waals surface area contributed by atoms with Gasteiger partial charge in [0.05, 0.1) is 28.5 Å². The fraction of sp³-hybridized carbons (Fsp3) is 0.308. The molecule has 2 rings (SSSR count). The molecule has 0 spiro atoms. The van der Waals surface area contributed by atoms with Crippen molar-refractivity contribution >= 4 is 27.5 Å². The lowest BCUT2D eigenvalue weighted by Gasteiger charge is -2.15. The summed E-state index contributed by atoms with van der Waals surface area (Å²) in [5, 5.41) is 15.1. The van der Waals surface area contributed by atoms with Gasteiger partial charge in [-0.1, -0.05) is 17.7 Å². The normalized spacial score (nSPS) is 12.5. The van der Waals surface area contributed by atoms with Crippen molar-refractivity contribution in [3.63, 3.8) is 0 Å². The van der Waals surface area contributed by atoms with Crippen LogP contribution in [0, 0.1) is 0 Å². The standard InChI is InChI=1S/C13H14BrClN2O2/c1-3-17-12(9(14)7-16-17)13(18)8-4-5-11(19-2)10(15)6-8/h4-7,13,18H,3H2,1-2H3. The van der Waals surface area contributed by atoms with Crippen LogP contribution in [0.3, 0.4) is 0 Å². The third-order valence-electron chi connectivity index (χ3n) is 2.88. The van der Waals surface area contributed by atoms with Crippen molar-refractivity contribution in [1.29, 1.82) is 0 Å². The van der Waals surface area contributed by atoms with E-state index in [1.807, 2.05) is 6.92 Å². The number of nitrogens with zero attached hydrogens (tertiary/aromatic N) is 2. The molecule has 2 aromatic rings. The average Bonchev–Trinajstić information content (AvgIpc) is 2.78. The summed E-state index contributed by atoms with van der Waals surface area (Å²) in [4.78, 5) is 0. The van der Waals surface area contributed by atoms with E-state index in [4.69, 9.17) is 16.3 Å². The molecule has 0 aliphatic rings. The Morgan fingerprint density at radius 1 is 1.53 bits per heavy atom. The van der Waals surface area contributed by atoms with Crippen molar-refractivity contribution in [3.05, 3.63) is 45.1 Å². The minimum Gasteiger partial charge on any atom is -0.495 e. The molecule has 1 heterocycles. The number of aryl methyl sites for hydroxylation is 1. The molecule has 1 aromatic heterocycles. The third-order valence-corrected chi connectivity index (χ3v) is 3.79. The fourth-order valence-corrected chi connectivity index (χ4v) is 2.69. The van der Waals surface area contributed by atoms with Crippen LogP contribution in [-0.4, -0.2) is 22.0 Å². The molecular weight excluding hydrogens is 332 g/mol. The maximum atomic E-state index is 10.5. The van der Waals surface area contributed by atoms with Crippen LogP contribution in [0.5, 0.6) is 5.75 Å². The van der Waals surface area contributed by atoms with Gasteiger partial charge in [0.2, 0.25) is 0 Å². The van der Waals surface area contributed by atoms with Gasteiger partial charge in [-0.2, -0.15) is 5.10 Å². The Kier molecular flexibility index (Phi) is 4.50. The maximum absolute atomic E-state index is 10.5. The zero-order chi connectivity index (χ0) is 14.0. The number of aromatic nitrogens is 2. The predicted octanol–water partition coefficient (Wildman–Crippen LogP) is 3.41. The second kappa shape index (κ2) is 5.94. The number of hydrogen-bond acceptors (Lipinski definition) is 3. The molecule has 19 heavy (non-hydrogen) atoms. The number of aliphatic hydroxyl groups excluding tert-OH is 1. The Bertz CT molecular complexity index is 586. The molecule has 102 valence electrons. The molecule has 0 aliphatic carbocycles. The number of halogens is 2. The number of aliphatic hydroxyl groups is 1. The van der Waals surface area contributed by atoms with E-state index in [0.717, 1.165) is 4.47 Å². The van der Waals surface area contributed by atoms with E-state index >= 15 is 0 Å². The molecule has 0 saturated heterocycles. The summed E-state index contributed by atoms with van der Waals surface area (Å²) in [5.41, 5.74) is 1.41. The monoisotopic (exact) mass is 344 g/mol. The second-order valence-electron chi connectivity index (χ2n) is 3.99. The summed E-state index contributed by atoms with van der Waals surface area (Å²) in [6, 6.07) is 5.22. The van der Waals surface area contributed by atoms with Crippen LogP contribution in [0.2, 0.25) is 5.02 Å². The number of ether oxygens (including phenoxy) is 1. The summed E-state index contributed by atoms with van der Waals surface area (Å²) in [6.45, 7) is 2.65. The van der Waals surface area contributed by atoms with E-state index < -0.39 is 6.10 Å². The summed E-state index contributed by atoms with van der Waals surface area (Å²) in [5.74, 6) is 0.584. The molecular formula is C13H14BrClN2O2. The average molecular weight is 346 g/mol. The predicted molar refractivity (Wildman–Crippen MR) is 77.7 cm³/mol. The summed E-state index contributed by atoms with van der Waals surface area (Å²) in [6.07, 6.45) is 0.882. The van der Waals surface area contributed by atoms with E-state index in [0.29, 0.717) is 28.6 Å². The minimum absolute atomic E-state index is 0.470. The van der Waals surface area contributed by atoms with Gasteiger partial charge >= 0.3 is 0 Å². The highest BCUT2D eigenvalue weighted by Crippen LogP contribution is 2.32. The molecule has 6 heteroatoms. The first-order valence-electron chi connectivity index (χ1n) is 5.81. The van der Waals surface area contributed by atoms with Crippen molar-refractivity contribution in [2.75, 3.05) is 7.11 Å². The number of rotatable bonds is 4. The number of methoxy groups -OCH3 is 1.